The van der Waals surface area contributed by atoms with Gasteiger partial charge < -0.3 is 15.8 Å². The van der Waals surface area contributed by atoms with Crippen LogP contribution in [-0.2, 0) is 16.0 Å². The number of carbonyl (C=O) groups is 1. The zero-order valence-corrected chi connectivity index (χ0v) is 16.9. The van der Waals surface area contributed by atoms with Gasteiger partial charge in [-0.1, -0.05) is 18.2 Å². The Balaban J connectivity index is 0.00000169. The fourth-order valence-electron chi connectivity index (χ4n) is 2.87. The van der Waals surface area contributed by atoms with Crippen molar-refractivity contribution in [1.82, 2.24) is 10.2 Å². The predicted octanol–water partition coefficient (Wildman–Crippen LogP) is 2.91. The van der Waals surface area contributed by atoms with Gasteiger partial charge in [0, 0.05) is 30.2 Å². The van der Waals surface area contributed by atoms with Gasteiger partial charge in [0.15, 0.2) is 0 Å². The number of carbonyl (C=O) groups excluding carboxylic acids is 1. The molecule has 1 amide bonds. The maximum Gasteiger partial charge on any atom is 0.224 e. The van der Waals surface area contributed by atoms with Gasteiger partial charge in [0.1, 0.15) is 0 Å². The van der Waals surface area contributed by atoms with Crippen LogP contribution in [0.5, 0.6) is 0 Å². The highest BCUT2D eigenvalue weighted by atomic mass is 35.5. The van der Waals surface area contributed by atoms with Crippen LogP contribution in [0.4, 0.5) is 5.69 Å². The normalized spacial score (nSPS) is 15.4. The van der Waals surface area contributed by atoms with Crippen LogP contribution in [0.25, 0.3) is 0 Å². The van der Waals surface area contributed by atoms with Crippen LogP contribution in [0.1, 0.15) is 16.5 Å². The third-order valence-corrected chi connectivity index (χ3v) is 5.17. The Morgan fingerprint density at radius 1 is 1.19 bits per heavy atom. The number of amides is 1. The molecule has 1 unspecified atom stereocenters. The third kappa shape index (κ3) is 6.45. The molecule has 1 aliphatic heterocycles. The number of hydrogen-bond donors (Lipinski definition) is 2. The minimum atomic E-state index is 0. The molecule has 1 aromatic heterocycles. The number of anilines is 1. The van der Waals surface area contributed by atoms with E-state index in [-0.39, 0.29) is 36.8 Å². The number of nitrogen functional groups attached to an aromatic ring is 1. The molecule has 0 bridgehead atoms. The number of benzene rings is 1. The lowest BCUT2D eigenvalue weighted by molar-refractivity contribution is -0.120. The Bertz CT molecular complexity index is 647. The van der Waals surface area contributed by atoms with Crippen molar-refractivity contribution in [3.8, 4) is 0 Å². The molecule has 0 saturated carbocycles. The predicted molar refractivity (Wildman–Crippen MR) is 112 cm³/mol. The van der Waals surface area contributed by atoms with Gasteiger partial charge in [0.25, 0.3) is 0 Å². The Morgan fingerprint density at radius 2 is 1.88 bits per heavy atom. The van der Waals surface area contributed by atoms with E-state index in [0.717, 1.165) is 31.9 Å². The molecule has 3 rings (SSSR count). The van der Waals surface area contributed by atoms with Crippen molar-refractivity contribution in [3.05, 3.63) is 52.2 Å². The van der Waals surface area contributed by atoms with Crippen LogP contribution in [0.15, 0.2) is 41.8 Å². The molecule has 1 saturated heterocycles. The highest BCUT2D eigenvalue weighted by Gasteiger charge is 2.23. The van der Waals surface area contributed by atoms with E-state index in [2.05, 4.69) is 27.7 Å². The maximum atomic E-state index is 12.3. The van der Waals surface area contributed by atoms with E-state index in [9.17, 15) is 4.79 Å². The summed E-state index contributed by atoms with van der Waals surface area (Å²) < 4.78 is 5.45. The molecule has 8 heteroatoms. The number of ether oxygens (including phenoxy) is 1. The summed E-state index contributed by atoms with van der Waals surface area (Å²) in [4.78, 5) is 15.9. The first-order chi connectivity index (χ1) is 11.7. The van der Waals surface area contributed by atoms with Crippen LogP contribution in [0.3, 0.4) is 0 Å². The number of nitrogens with one attached hydrogen (secondary N) is 1. The van der Waals surface area contributed by atoms with Crippen LogP contribution < -0.4 is 11.1 Å². The van der Waals surface area contributed by atoms with Crippen molar-refractivity contribution in [2.75, 3.05) is 38.6 Å². The van der Waals surface area contributed by atoms with Gasteiger partial charge in [-0.05, 0) is 29.1 Å². The number of nitrogens with two attached hydrogens (primary N) is 1. The molecule has 5 nitrogen and oxygen atoms in total. The number of hydrogen-bond acceptors (Lipinski definition) is 5. The molecule has 1 aromatic carbocycles. The minimum Gasteiger partial charge on any atom is -0.399 e. The summed E-state index contributed by atoms with van der Waals surface area (Å²) in [6.45, 7) is 3.92. The van der Waals surface area contributed by atoms with Crippen molar-refractivity contribution >= 4 is 47.7 Å². The zero-order chi connectivity index (χ0) is 16.8. The summed E-state index contributed by atoms with van der Waals surface area (Å²) in [6, 6.07) is 11.8. The van der Waals surface area contributed by atoms with Crippen molar-refractivity contribution in [2.45, 2.75) is 12.5 Å². The first-order valence-corrected chi connectivity index (χ1v) is 9.06. The van der Waals surface area contributed by atoms with E-state index in [0.29, 0.717) is 18.7 Å². The fourth-order valence-corrected chi connectivity index (χ4v) is 3.73. The Kier molecular flexibility index (Phi) is 9.98. The smallest absolute Gasteiger partial charge is 0.224 e. The quantitative estimate of drug-likeness (QED) is 0.708. The number of morpholine rings is 1. The fraction of sp³-hybridized carbons (Fsp3) is 0.389. The first kappa shape index (κ1) is 22.7. The van der Waals surface area contributed by atoms with E-state index in [1.165, 1.54) is 4.88 Å². The monoisotopic (exact) mass is 417 g/mol. The minimum absolute atomic E-state index is 0. The number of rotatable bonds is 6. The Morgan fingerprint density at radius 3 is 2.50 bits per heavy atom. The van der Waals surface area contributed by atoms with E-state index < -0.39 is 0 Å². The lowest BCUT2D eigenvalue weighted by Gasteiger charge is -2.34. The number of halogens is 2. The molecule has 3 N–H and O–H groups in total. The van der Waals surface area contributed by atoms with Crippen LogP contribution in [-0.4, -0.2) is 43.7 Å². The molecule has 0 aliphatic carbocycles. The van der Waals surface area contributed by atoms with Crippen molar-refractivity contribution in [1.29, 1.82) is 0 Å². The van der Waals surface area contributed by atoms with E-state index in [4.69, 9.17) is 10.5 Å². The van der Waals surface area contributed by atoms with Crippen molar-refractivity contribution < 1.29 is 9.53 Å². The molecule has 2 heterocycles. The summed E-state index contributed by atoms with van der Waals surface area (Å²) in [6.07, 6.45) is 0.376. The first-order valence-electron chi connectivity index (χ1n) is 8.18. The van der Waals surface area contributed by atoms with E-state index in [1.54, 1.807) is 11.3 Å². The average Bonchev–Trinajstić information content (AvgIpc) is 3.12. The molecule has 0 spiro atoms. The molecule has 1 fully saturated rings. The SMILES string of the molecule is Cl.Cl.Nc1ccc(CC(=O)NCC(c2cccs2)N2CCOCC2)cc1. The molecule has 2 aromatic rings. The van der Waals surface area contributed by atoms with Gasteiger partial charge in [0.2, 0.25) is 5.91 Å². The molecular formula is C18H25Cl2N3O2S. The van der Waals surface area contributed by atoms with Gasteiger partial charge >= 0.3 is 0 Å². The lowest BCUT2D eigenvalue weighted by Crippen LogP contribution is -2.43. The second-order valence-electron chi connectivity index (χ2n) is 5.90. The van der Waals surface area contributed by atoms with Crippen LogP contribution in [0.2, 0.25) is 0 Å². The van der Waals surface area contributed by atoms with Crippen LogP contribution in [0, 0.1) is 0 Å². The van der Waals surface area contributed by atoms with Gasteiger partial charge in [-0.25, -0.2) is 0 Å². The van der Waals surface area contributed by atoms with Gasteiger partial charge in [-0.2, -0.15) is 0 Å². The van der Waals surface area contributed by atoms with Crippen molar-refractivity contribution in [3.63, 3.8) is 0 Å². The summed E-state index contributed by atoms with van der Waals surface area (Å²) in [5.41, 5.74) is 7.36. The topological polar surface area (TPSA) is 67.6 Å². The number of thiophene rings is 1. The Hall–Kier alpha value is -1.31. The summed E-state index contributed by atoms with van der Waals surface area (Å²) in [5.74, 6) is 0.0367. The van der Waals surface area contributed by atoms with Crippen molar-refractivity contribution in [2.24, 2.45) is 0 Å². The second-order valence-corrected chi connectivity index (χ2v) is 6.88. The molecule has 26 heavy (non-hydrogen) atoms. The highest BCUT2D eigenvalue weighted by Crippen LogP contribution is 2.25. The average molecular weight is 418 g/mol. The molecular weight excluding hydrogens is 393 g/mol. The van der Waals surface area contributed by atoms with Gasteiger partial charge in [0.05, 0.1) is 25.7 Å². The number of nitrogens with zero attached hydrogens (tertiary/aromatic N) is 1. The lowest BCUT2D eigenvalue weighted by atomic mass is 10.1. The molecule has 0 radical (unpaired) electrons. The van der Waals surface area contributed by atoms with Gasteiger partial charge in [-0.15, -0.1) is 36.2 Å². The summed E-state index contributed by atoms with van der Waals surface area (Å²) >= 11 is 1.73. The maximum absolute atomic E-state index is 12.3. The molecule has 1 atom stereocenters. The Labute approximate surface area is 170 Å². The molecule has 144 valence electrons. The van der Waals surface area contributed by atoms with E-state index >= 15 is 0 Å². The van der Waals surface area contributed by atoms with Gasteiger partial charge in [-0.3, -0.25) is 9.69 Å². The standard InChI is InChI=1S/C18H23N3O2S.2ClH/c19-15-5-3-14(4-6-15)12-18(22)20-13-16(17-2-1-11-24-17)21-7-9-23-10-8-21;;/h1-6,11,16H,7-10,12-13,19H2,(H,20,22);2*1H. The van der Waals surface area contributed by atoms with Crippen LogP contribution >= 0.6 is 36.2 Å². The third-order valence-electron chi connectivity index (χ3n) is 4.20. The summed E-state index contributed by atoms with van der Waals surface area (Å²) in [5, 5.41) is 5.17. The molecule has 1 aliphatic rings. The van der Waals surface area contributed by atoms with E-state index in [1.807, 2.05) is 24.3 Å². The summed E-state index contributed by atoms with van der Waals surface area (Å²) in [7, 11) is 0. The second kappa shape index (κ2) is 11.4. The highest BCUT2D eigenvalue weighted by molar-refractivity contribution is 7.10. The zero-order valence-electron chi connectivity index (χ0n) is 14.4. The largest absolute Gasteiger partial charge is 0.399 e.